The lowest BCUT2D eigenvalue weighted by Gasteiger charge is -2.26. The van der Waals surface area contributed by atoms with Crippen molar-refractivity contribution in [3.05, 3.63) is 53.7 Å². The van der Waals surface area contributed by atoms with Crippen LogP contribution in [-0.4, -0.2) is 17.3 Å². The van der Waals surface area contributed by atoms with Crippen molar-refractivity contribution in [3.8, 4) is 11.6 Å². The average Bonchev–Trinajstić information content (AvgIpc) is 2.46. The van der Waals surface area contributed by atoms with Crippen LogP contribution < -0.4 is 10.5 Å². The summed E-state index contributed by atoms with van der Waals surface area (Å²) in [6.45, 7) is 0.734. The largest absolute Gasteiger partial charge is 0.438 e. The SMILES string of the molecule is NCCCS[C@H]1c2ccccc2Oc2ncccc21. The first-order valence-corrected chi connectivity index (χ1v) is 7.48. The normalized spacial score (nSPS) is 16.4. The highest BCUT2D eigenvalue weighted by atomic mass is 32.2. The first-order valence-electron chi connectivity index (χ1n) is 6.43. The number of pyridine rings is 1. The van der Waals surface area contributed by atoms with Gasteiger partial charge in [0.25, 0.3) is 0 Å². The zero-order valence-electron chi connectivity index (χ0n) is 10.6. The summed E-state index contributed by atoms with van der Waals surface area (Å²) < 4.78 is 5.86. The van der Waals surface area contributed by atoms with Gasteiger partial charge in [0.2, 0.25) is 5.88 Å². The highest BCUT2D eigenvalue weighted by molar-refractivity contribution is 7.99. The number of hydrogen-bond donors (Lipinski definition) is 1. The predicted molar refractivity (Wildman–Crippen MR) is 78.7 cm³/mol. The maximum atomic E-state index is 5.86. The molecule has 2 aromatic rings. The van der Waals surface area contributed by atoms with Gasteiger partial charge in [0.1, 0.15) is 5.75 Å². The Labute approximate surface area is 117 Å². The molecule has 4 heteroatoms. The first kappa shape index (κ1) is 12.5. The molecule has 0 radical (unpaired) electrons. The van der Waals surface area contributed by atoms with Gasteiger partial charge < -0.3 is 10.5 Å². The summed E-state index contributed by atoms with van der Waals surface area (Å²) in [7, 11) is 0. The number of rotatable bonds is 4. The molecule has 1 aliphatic rings. The molecule has 1 atom stereocenters. The summed E-state index contributed by atoms with van der Waals surface area (Å²) in [6.07, 6.45) is 2.80. The van der Waals surface area contributed by atoms with E-state index >= 15 is 0 Å². The van der Waals surface area contributed by atoms with Gasteiger partial charge in [-0.1, -0.05) is 24.3 Å². The molecule has 0 amide bonds. The third-order valence-corrected chi connectivity index (χ3v) is 4.49. The van der Waals surface area contributed by atoms with Gasteiger partial charge in [0, 0.05) is 17.3 Å². The molecule has 0 spiro atoms. The van der Waals surface area contributed by atoms with E-state index in [9.17, 15) is 0 Å². The maximum Gasteiger partial charge on any atom is 0.223 e. The Bertz CT molecular complexity index is 528. The van der Waals surface area contributed by atoms with Gasteiger partial charge in [-0.25, -0.2) is 4.98 Å². The van der Waals surface area contributed by atoms with E-state index in [1.165, 1.54) is 5.56 Å². The summed E-state index contributed by atoms with van der Waals surface area (Å²) in [6, 6.07) is 12.2. The van der Waals surface area contributed by atoms with Crippen molar-refractivity contribution in [2.45, 2.75) is 11.7 Å². The van der Waals surface area contributed by atoms with Gasteiger partial charge in [-0.15, -0.1) is 11.8 Å². The smallest absolute Gasteiger partial charge is 0.223 e. The first-order chi connectivity index (χ1) is 9.40. The Hall–Kier alpha value is -1.52. The summed E-state index contributed by atoms with van der Waals surface area (Å²) in [5.41, 5.74) is 7.97. The van der Waals surface area contributed by atoms with Gasteiger partial charge in [-0.2, -0.15) is 0 Å². The third-order valence-electron chi connectivity index (χ3n) is 3.12. The fraction of sp³-hybridized carbons (Fsp3) is 0.267. The predicted octanol–water partition coefficient (Wildman–Crippen LogP) is 3.36. The second-order valence-corrected chi connectivity index (χ2v) is 5.64. The molecule has 3 rings (SSSR count). The van der Waals surface area contributed by atoms with Crippen molar-refractivity contribution in [3.63, 3.8) is 0 Å². The zero-order valence-corrected chi connectivity index (χ0v) is 11.4. The summed E-state index contributed by atoms with van der Waals surface area (Å²) >= 11 is 1.91. The van der Waals surface area contributed by atoms with E-state index in [1.54, 1.807) is 6.20 Å². The second-order valence-electron chi connectivity index (χ2n) is 4.43. The Morgan fingerprint density at radius 2 is 2.00 bits per heavy atom. The van der Waals surface area contributed by atoms with Crippen molar-refractivity contribution < 1.29 is 4.74 Å². The van der Waals surface area contributed by atoms with Crippen LogP contribution in [0.25, 0.3) is 0 Å². The van der Waals surface area contributed by atoms with E-state index in [-0.39, 0.29) is 0 Å². The van der Waals surface area contributed by atoms with Crippen LogP contribution in [0, 0.1) is 0 Å². The lowest BCUT2D eigenvalue weighted by atomic mass is 10.0. The number of nitrogens with two attached hydrogens (primary N) is 1. The van der Waals surface area contributed by atoms with E-state index in [1.807, 2.05) is 30.0 Å². The molecule has 0 aliphatic carbocycles. The van der Waals surface area contributed by atoms with Crippen molar-refractivity contribution in [1.29, 1.82) is 0 Å². The lowest BCUT2D eigenvalue weighted by Crippen LogP contribution is -2.10. The van der Waals surface area contributed by atoms with Gasteiger partial charge in [-0.3, -0.25) is 0 Å². The highest BCUT2D eigenvalue weighted by Crippen LogP contribution is 2.48. The average molecular weight is 272 g/mol. The van der Waals surface area contributed by atoms with Crippen molar-refractivity contribution >= 4 is 11.8 Å². The van der Waals surface area contributed by atoms with Crippen molar-refractivity contribution in [2.24, 2.45) is 5.73 Å². The van der Waals surface area contributed by atoms with Gasteiger partial charge in [0.15, 0.2) is 0 Å². The van der Waals surface area contributed by atoms with E-state index in [2.05, 4.69) is 23.2 Å². The van der Waals surface area contributed by atoms with Crippen LogP contribution in [0.3, 0.4) is 0 Å². The minimum atomic E-state index is 0.292. The van der Waals surface area contributed by atoms with Crippen LogP contribution in [0.15, 0.2) is 42.6 Å². The van der Waals surface area contributed by atoms with E-state index in [4.69, 9.17) is 10.5 Å². The number of fused-ring (bicyclic) bond motifs is 2. The number of aromatic nitrogens is 1. The molecule has 1 aromatic heterocycles. The molecule has 1 aliphatic heterocycles. The van der Waals surface area contributed by atoms with Crippen LogP contribution >= 0.6 is 11.8 Å². The molecule has 19 heavy (non-hydrogen) atoms. The molecule has 0 saturated heterocycles. The van der Waals surface area contributed by atoms with Crippen molar-refractivity contribution in [1.82, 2.24) is 4.98 Å². The van der Waals surface area contributed by atoms with Crippen LogP contribution in [-0.2, 0) is 0 Å². The van der Waals surface area contributed by atoms with Crippen LogP contribution in [0.5, 0.6) is 11.6 Å². The molecule has 2 heterocycles. The molecular weight excluding hydrogens is 256 g/mol. The van der Waals surface area contributed by atoms with Crippen LogP contribution in [0.2, 0.25) is 0 Å². The molecule has 2 N–H and O–H groups in total. The summed E-state index contributed by atoms with van der Waals surface area (Å²) in [5, 5.41) is 0.292. The maximum absolute atomic E-state index is 5.86. The van der Waals surface area contributed by atoms with Gasteiger partial charge >= 0.3 is 0 Å². The number of benzene rings is 1. The molecule has 98 valence electrons. The number of nitrogens with zero attached hydrogens (tertiary/aromatic N) is 1. The second kappa shape index (κ2) is 5.63. The highest BCUT2D eigenvalue weighted by Gasteiger charge is 2.27. The Kier molecular flexibility index (Phi) is 3.71. The minimum absolute atomic E-state index is 0.292. The van der Waals surface area contributed by atoms with E-state index in [0.29, 0.717) is 5.25 Å². The third kappa shape index (κ3) is 2.46. The Balaban J connectivity index is 1.96. The van der Waals surface area contributed by atoms with Gasteiger partial charge in [-0.05, 0) is 30.9 Å². The lowest BCUT2D eigenvalue weighted by molar-refractivity contribution is 0.439. The van der Waals surface area contributed by atoms with Crippen LogP contribution in [0.1, 0.15) is 22.8 Å². The van der Waals surface area contributed by atoms with E-state index < -0.39 is 0 Å². The molecular formula is C15H16N2OS. The molecule has 0 saturated carbocycles. The van der Waals surface area contributed by atoms with Crippen LogP contribution in [0.4, 0.5) is 0 Å². The monoisotopic (exact) mass is 272 g/mol. The molecule has 0 unspecified atom stereocenters. The summed E-state index contributed by atoms with van der Waals surface area (Å²) in [4.78, 5) is 4.34. The fourth-order valence-corrected chi connectivity index (χ4v) is 3.52. The van der Waals surface area contributed by atoms with E-state index in [0.717, 1.165) is 35.9 Å². The summed E-state index contributed by atoms with van der Waals surface area (Å²) in [5.74, 6) is 2.69. The topological polar surface area (TPSA) is 48.1 Å². The number of thioether (sulfide) groups is 1. The number of para-hydroxylation sites is 1. The molecule has 1 aromatic carbocycles. The quantitative estimate of drug-likeness (QED) is 0.867. The fourth-order valence-electron chi connectivity index (χ4n) is 2.21. The molecule has 3 nitrogen and oxygen atoms in total. The number of hydrogen-bond acceptors (Lipinski definition) is 4. The van der Waals surface area contributed by atoms with Gasteiger partial charge in [0.05, 0.1) is 5.25 Å². The standard InChI is InChI=1S/C15H16N2OS/c16-8-4-10-19-14-11-5-1-2-7-13(11)18-15-12(14)6-3-9-17-15/h1-3,5-7,9,14H,4,8,10,16H2/t14-/m0/s1. The number of ether oxygens (including phenoxy) is 1. The molecule has 0 bridgehead atoms. The molecule has 0 fully saturated rings. The van der Waals surface area contributed by atoms with Crippen molar-refractivity contribution in [2.75, 3.05) is 12.3 Å². The Morgan fingerprint density at radius 1 is 1.16 bits per heavy atom. The zero-order chi connectivity index (χ0) is 13.1. The Morgan fingerprint density at radius 3 is 2.89 bits per heavy atom. The minimum Gasteiger partial charge on any atom is -0.438 e.